The van der Waals surface area contributed by atoms with E-state index in [1.165, 1.54) is 17.8 Å². The number of aromatic hydroxyl groups is 1. The first-order chi connectivity index (χ1) is 17.5. The van der Waals surface area contributed by atoms with Crippen molar-refractivity contribution in [2.24, 2.45) is 0 Å². The Labute approximate surface area is 212 Å². The van der Waals surface area contributed by atoms with E-state index in [0.29, 0.717) is 28.1 Å². The van der Waals surface area contributed by atoms with E-state index in [4.69, 9.17) is 0 Å². The smallest absolute Gasteiger partial charge is 0.187 e. The van der Waals surface area contributed by atoms with Crippen LogP contribution < -0.4 is 10.2 Å². The molecule has 1 aliphatic carbocycles. The lowest BCUT2D eigenvalue weighted by Crippen LogP contribution is -2.62. The van der Waals surface area contributed by atoms with Crippen molar-refractivity contribution in [3.8, 4) is 28.4 Å². The Morgan fingerprint density at radius 1 is 1.11 bits per heavy atom. The molecular formula is C25H27F2N7OS. The molecule has 0 spiro atoms. The Morgan fingerprint density at radius 3 is 2.69 bits per heavy atom. The molecule has 0 amide bonds. The van der Waals surface area contributed by atoms with E-state index < -0.39 is 12.0 Å². The zero-order chi connectivity index (χ0) is 24.8. The molecule has 6 rings (SSSR count). The average Bonchev–Trinajstić information content (AvgIpc) is 3.73. The second kappa shape index (κ2) is 9.51. The zero-order valence-electron chi connectivity index (χ0n) is 19.8. The molecule has 3 fully saturated rings. The third kappa shape index (κ3) is 4.39. The first-order valence-corrected chi connectivity index (χ1v) is 13.5. The fourth-order valence-corrected chi connectivity index (χ4v) is 5.80. The highest BCUT2D eigenvalue weighted by Crippen LogP contribution is 2.39. The van der Waals surface area contributed by atoms with Gasteiger partial charge in [0.25, 0.3) is 0 Å². The van der Waals surface area contributed by atoms with Crippen LogP contribution in [0.5, 0.6) is 5.75 Å². The van der Waals surface area contributed by atoms with Crippen LogP contribution in [0.3, 0.4) is 0 Å². The second-order valence-electron chi connectivity index (χ2n) is 9.71. The number of phenolic OH excluding ortho intramolecular Hbond substituents is 1. The molecular weight excluding hydrogens is 484 g/mol. The maximum Gasteiger partial charge on any atom is 0.187 e. The van der Waals surface area contributed by atoms with Gasteiger partial charge in [-0.25, -0.2) is 23.7 Å². The van der Waals surface area contributed by atoms with Gasteiger partial charge in [0, 0.05) is 23.7 Å². The van der Waals surface area contributed by atoms with Gasteiger partial charge in [0.05, 0.1) is 24.0 Å². The first-order valence-electron chi connectivity index (χ1n) is 12.3. The van der Waals surface area contributed by atoms with Crippen LogP contribution in [0.1, 0.15) is 38.5 Å². The van der Waals surface area contributed by atoms with Crippen molar-refractivity contribution in [1.82, 2.24) is 30.5 Å². The summed E-state index contributed by atoms with van der Waals surface area (Å²) in [4.78, 5) is 14.7. The lowest BCUT2D eigenvalue weighted by molar-refractivity contribution is 0.104. The predicted molar refractivity (Wildman–Crippen MR) is 133 cm³/mol. The second-order valence-corrected chi connectivity index (χ2v) is 10.5. The summed E-state index contributed by atoms with van der Waals surface area (Å²) in [5, 5.41) is 23.3. The SMILES string of the molecule is CSc1ncc(F)c(-c2ccc(-c3ncc(N(C4CC4)[C@@H]4C[C@@H]5CCC[C@@H](N5)[C@@H]4F)nn3)c(O)c2)n1. The van der Waals surface area contributed by atoms with E-state index in [2.05, 4.69) is 35.4 Å². The minimum absolute atomic E-state index is 0.105. The van der Waals surface area contributed by atoms with Crippen LogP contribution in [0, 0.1) is 5.82 Å². The highest BCUT2D eigenvalue weighted by Gasteiger charge is 2.46. The van der Waals surface area contributed by atoms with Crippen LogP contribution in [0.25, 0.3) is 22.6 Å². The summed E-state index contributed by atoms with van der Waals surface area (Å²) in [6.07, 6.45) is 9.36. The lowest BCUT2D eigenvalue weighted by atomic mass is 9.82. The van der Waals surface area contributed by atoms with Crippen molar-refractivity contribution in [1.29, 1.82) is 0 Å². The molecule has 11 heteroatoms. The average molecular weight is 512 g/mol. The van der Waals surface area contributed by atoms with Crippen LogP contribution in [0.15, 0.2) is 35.7 Å². The number of phenols is 1. The van der Waals surface area contributed by atoms with Crippen LogP contribution in [-0.2, 0) is 0 Å². The number of benzene rings is 1. The number of halogens is 2. The van der Waals surface area contributed by atoms with Crippen molar-refractivity contribution in [3.05, 3.63) is 36.4 Å². The van der Waals surface area contributed by atoms with Gasteiger partial charge in [-0.05, 0) is 50.5 Å². The van der Waals surface area contributed by atoms with E-state index in [1.807, 2.05) is 0 Å². The van der Waals surface area contributed by atoms with Crippen molar-refractivity contribution in [3.63, 3.8) is 0 Å². The molecule has 36 heavy (non-hydrogen) atoms. The monoisotopic (exact) mass is 511 g/mol. The van der Waals surface area contributed by atoms with E-state index in [-0.39, 0.29) is 35.4 Å². The molecule has 2 bridgehead atoms. The minimum Gasteiger partial charge on any atom is -0.507 e. The minimum atomic E-state index is -0.964. The molecule has 3 aliphatic rings. The summed E-state index contributed by atoms with van der Waals surface area (Å²) in [5.74, 6) is 0.124. The molecule has 2 aromatic heterocycles. The molecule has 0 radical (unpaired) electrons. The molecule has 8 nitrogen and oxygen atoms in total. The summed E-state index contributed by atoms with van der Waals surface area (Å²) >= 11 is 1.30. The number of piperidine rings is 2. The number of rotatable bonds is 6. The third-order valence-corrected chi connectivity index (χ3v) is 7.89. The maximum absolute atomic E-state index is 15.5. The van der Waals surface area contributed by atoms with Crippen molar-refractivity contribution in [2.45, 2.75) is 74.0 Å². The molecule has 0 unspecified atom stereocenters. The van der Waals surface area contributed by atoms with Gasteiger partial charge in [0.15, 0.2) is 22.6 Å². The number of nitrogens with one attached hydrogen (secondary N) is 1. The molecule has 1 saturated carbocycles. The molecule has 2 N–H and O–H groups in total. The van der Waals surface area contributed by atoms with Crippen molar-refractivity contribution < 1.29 is 13.9 Å². The van der Waals surface area contributed by atoms with Gasteiger partial charge in [-0.3, -0.25) is 0 Å². The van der Waals surface area contributed by atoms with Gasteiger partial charge < -0.3 is 15.3 Å². The Balaban J connectivity index is 1.26. The fourth-order valence-electron chi connectivity index (χ4n) is 5.46. The summed E-state index contributed by atoms with van der Waals surface area (Å²) in [6.45, 7) is 0. The topological polar surface area (TPSA) is 100.0 Å². The summed E-state index contributed by atoms with van der Waals surface area (Å²) in [6, 6.07) is 4.95. The number of hydrogen-bond donors (Lipinski definition) is 2. The summed E-state index contributed by atoms with van der Waals surface area (Å²) in [7, 11) is 0. The maximum atomic E-state index is 15.5. The molecule has 1 aromatic carbocycles. The van der Waals surface area contributed by atoms with Crippen LogP contribution in [-0.4, -0.2) is 66.9 Å². The van der Waals surface area contributed by atoms with Gasteiger partial charge in [-0.15, -0.1) is 10.2 Å². The summed E-state index contributed by atoms with van der Waals surface area (Å²) in [5.41, 5.74) is 0.898. The molecule has 2 aliphatic heterocycles. The normalized spacial score (nSPS) is 25.5. The third-order valence-electron chi connectivity index (χ3n) is 7.32. The van der Waals surface area contributed by atoms with E-state index in [0.717, 1.165) is 44.7 Å². The number of alkyl halides is 1. The largest absolute Gasteiger partial charge is 0.507 e. The molecule has 4 atom stereocenters. The Hall–Kier alpha value is -2.92. The standard InChI is InChI=1S/C25H27F2N7OS/c1-36-25-29-11-17(26)23(31-25)13-5-8-16(20(35)9-13)24-28-12-21(32-33-24)34(15-6-7-15)19-10-14-3-2-4-18(30-14)22(19)27/h5,8-9,11-12,14-15,18-19,22,30,35H,2-4,6-7,10H2,1H3/t14-,18+,19+,22-/m0/s1. The number of hydrogen-bond acceptors (Lipinski definition) is 9. The van der Waals surface area contributed by atoms with Crippen LogP contribution in [0.2, 0.25) is 0 Å². The number of nitrogens with zero attached hydrogens (tertiary/aromatic N) is 6. The predicted octanol–water partition coefficient (Wildman–Crippen LogP) is 4.15. The fraction of sp³-hybridized carbons (Fsp3) is 0.480. The van der Waals surface area contributed by atoms with Gasteiger partial charge in [-0.2, -0.15) is 0 Å². The number of thioether (sulfide) groups is 1. The Bertz CT molecular complexity index is 1260. The molecule has 2 saturated heterocycles. The summed E-state index contributed by atoms with van der Waals surface area (Å²) < 4.78 is 29.8. The lowest BCUT2D eigenvalue weighted by Gasteiger charge is -2.47. The Kier molecular flexibility index (Phi) is 6.20. The van der Waals surface area contributed by atoms with E-state index in [1.54, 1.807) is 24.6 Å². The van der Waals surface area contributed by atoms with E-state index in [9.17, 15) is 9.50 Å². The highest BCUT2D eigenvalue weighted by atomic mass is 32.2. The zero-order valence-corrected chi connectivity index (χ0v) is 20.6. The van der Waals surface area contributed by atoms with Gasteiger partial charge in [0.2, 0.25) is 0 Å². The van der Waals surface area contributed by atoms with Crippen molar-refractivity contribution in [2.75, 3.05) is 11.2 Å². The molecule has 188 valence electrons. The highest BCUT2D eigenvalue weighted by molar-refractivity contribution is 7.98. The van der Waals surface area contributed by atoms with Gasteiger partial charge >= 0.3 is 0 Å². The van der Waals surface area contributed by atoms with Crippen LogP contribution in [0.4, 0.5) is 14.6 Å². The molecule has 3 aromatic rings. The molecule has 4 heterocycles. The van der Waals surface area contributed by atoms with Crippen molar-refractivity contribution >= 4 is 17.6 Å². The number of aromatic nitrogens is 5. The van der Waals surface area contributed by atoms with Gasteiger partial charge in [-0.1, -0.05) is 24.2 Å². The number of anilines is 1. The quantitative estimate of drug-likeness (QED) is 0.373. The van der Waals surface area contributed by atoms with Gasteiger partial charge in [0.1, 0.15) is 17.6 Å². The van der Waals surface area contributed by atoms with Crippen LogP contribution >= 0.6 is 11.8 Å². The first kappa shape index (κ1) is 23.5. The number of fused-ring (bicyclic) bond motifs is 2. The van der Waals surface area contributed by atoms with E-state index >= 15 is 4.39 Å². The Morgan fingerprint density at radius 2 is 1.97 bits per heavy atom.